The molecule has 1 heterocycles. The van der Waals surface area contributed by atoms with E-state index in [1.165, 1.54) is 0 Å². The van der Waals surface area contributed by atoms with E-state index in [1.54, 1.807) is 12.1 Å². The molecular formula is C18H21ClN2O2. The summed E-state index contributed by atoms with van der Waals surface area (Å²) in [6.07, 6.45) is 4.35. The lowest BCUT2D eigenvalue weighted by molar-refractivity contribution is 0.0697. The molecule has 2 rings (SSSR count). The Morgan fingerprint density at radius 3 is 2.43 bits per heavy atom. The lowest BCUT2D eigenvalue weighted by Gasteiger charge is -2.11. The maximum atomic E-state index is 10.9. The van der Waals surface area contributed by atoms with Crippen LogP contribution in [0.4, 0.5) is 0 Å². The van der Waals surface area contributed by atoms with Crippen LogP contribution < -0.4 is 0 Å². The number of hydrogen-bond donors (Lipinski definition) is 1. The summed E-state index contributed by atoms with van der Waals surface area (Å²) in [5, 5.41) is 9.50. The predicted octanol–water partition coefficient (Wildman–Crippen LogP) is 4.32. The van der Waals surface area contributed by atoms with Gasteiger partial charge in [-0.25, -0.2) is 14.8 Å². The Hall–Kier alpha value is -1.94. The topological polar surface area (TPSA) is 63.1 Å². The molecule has 1 aromatic heterocycles. The van der Waals surface area contributed by atoms with Gasteiger partial charge in [0.25, 0.3) is 0 Å². The summed E-state index contributed by atoms with van der Waals surface area (Å²) in [6, 6.07) is 6.88. The van der Waals surface area contributed by atoms with Crippen molar-refractivity contribution in [1.82, 2.24) is 9.97 Å². The van der Waals surface area contributed by atoms with E-state index < -0.39 is 5.97 Å². The first kappa shape index (κ1) is 17.4. The number of nitrogens with zero attached hydrogens (tertiary/aromatic N) is 2. The van der Waals surface area contributed by atoms with Crippen molar-refractivity contribution in [3.8, 4) is 0 Å². The Morgan fingerprint density at radius 1 is 1.17 bits per heavy atom. The minimum Gasteiger partial charge on any atom is -0.478 e. The third-order valence-electron chi connectivity index (χ3n) is 3.77. The number of aromatic nitrogens is 2. The van der Waals surface area contributed by atoms with E-state index in [4.69, 9.17) is 16.7 Å². The van der Waals surface area contributed by atoms with Gasteiger partial charge >= 0.3 is 5.97 Å². The summed E-state index contributed by atoms with van der Waals surface area (Å²) in [7, 11) is 0. The second-order valence-electron chi connectivity index (χ2n) is 5.49. The fraction of sp³-hybridized carbons (Fsp3) is 0.389. The molecule has 5 heteroatoms. The number of halogens is 1. The van der Waals surface area contributed by atoms with Gasteiger partial charge in [0.2, 0.25) is 0 Å². The minimum absolute atomic E-state index is 0.286. The van der Waals surface area contributed by atoms with Crippen LogP contribution in [0, 0.1) is 0 Å². The molecule has 0 aliphatic heterocycles. The number of aryl methyl sites for hydroxylation is 1. The van der Waals surface area contributed by atoms with Crippen LogP contribution in [0.25, 0.3) is 0 Å². The lowest BCUT2D eigenvalue weighted by atomic mass is 10.0. The van der Waals surface area contributed by atoms with Crippen LogP contribution in [-0.4, -0.2) is 21.0 Å². The summed E-state index contributed by atoms with van der Waals surface area (Å²) in [4.78, 5) is 20.0. The standard InChI is InChI=1S/C18H21ClN2O2/c1-3-5-6-16-20-15(14(4-2)17(19)21-16)11-12-7-9-13(10-8-12)18(22)23/h7-10H,3-6,11H2,1-2H3,(H,22,23). The fourth-order valence-electron chi connectivity index (χ4n) is 2.45. The van der Waals surface area contributed by atoms with Gasteiger partial charge < -0.3 is 5.11 Å². The van der Waals surface area contributed by atoms with Gasteiger partial charge in [-0.05, 0) is 30.5 Å². The van der Waals surface area contributed by atoms with Gasteiger partial charge in [-0.2, -0.15) is 0 Å². The number of carboxylic acids is 1. The SMILES string of the molecule is CCCCc1nc(Cl)c(CC)c(Cc2ccc(C(=O)O)cc2)n1. The lowest BCUT2D eigenvalue weighted by Crippen LogP contribution is -2.07. The van der Waals surface area contributed by atoms with Gasteiger partial charge in [0, 0.05) is 18.4 Å². The molecule has 0 radical (unpaired) electrons. The normalized spacial score (nSPS) is 10.7. The van der Waals surface area contributed by atoms with Crippen LogP contribution in [0.3, 0.4) is 0 Å². The van der Waals surface area contributed by atoms with Crippen LogP contribution >= 0.6 is 11.6 Å². The first-order valence-corrected chi connectivity index (χ1v) is 8.29. The van der Waals surface area contributed by atoms with E-state index in [1.807, 2.05) is 19.1 Å². The van der Waals surface area contributed by atoms with Gasteiger partial charge in [0.1, 0.15) is 11.0 Å². The Morgan fingerprint density at radius 2 is 1.87 bits per heavy atom. The molecule has 0 spiro atoms. The summed E-state index contributed by atoms with van der Waals surface area (Å²) < 4.78 is 0. The van der Waals surface area contributed by atoms with Crippen LogP contribution in [0.2, 0.25) is 5.15 Å². The molecule has 2 aromatic rings. The monoisotopic (exact) mass is 332 g/mol. The summed E-state index contributed by atoms with van der Waals surface area (Å²) in [5.41, 5.74) is 3.20. The number of carbonyl (C=O) groups is 1. The van der Waals surface area contributed by atoms with Crippen LogP contribution in [0.1, 0.15) is 59.7 Å². The molecule has 0 fully saturated rings. The van der Waals surface area contributed by atoms with E-state index in [0.717, 1.165) is 48.3 Å². The number of hydrogen-bond acceptors (Lipinski definition) is 3. The molecule has 1 N–H and O–H groups in total. The zero-order chi connectivity index (χ0) is 16.8. The summed E-state index contributed by atoms with van der Waals surface area (Å²) in [5.74, 6) is -0.135. The highest BCUT2D eigenvalue weighted by molar-refractivity contribution is 6.30. The Labute approximate surface area is 141 Å². The number of benzene rings is 1. The molecule has 23 heavy (non-hydrogen) atoms. The number of rotatable bonds is 7. The van der Waals surface area contributed by atoms with Crippen LogP contribution in [0.5, 0.6) is 0 Å². The quantitative estimate of drug-likeness (QED) is 0.767. The maximum absolute atomic E-state index is 10.9. The second-order valence-corrected chi connectivity index (χ2v) is 5.85. The predicted molar refractivity (Wildman–Crippen MR) is 91.2 cm³/mol. The van der Waals surface area contributed by atoms with Crippen molar-refractivity contribution < 1.29 is 9.90 Å². The van der Waals surface area contributed by atoms with E-state index >= 15 is 0 Å². The van der Waals surface area contributed by atoms with Crippen molar-refractivity contribution >= 4 is 17.6 Å². The smallest absolute Gasteiger partial charge is 0.335 e. The largest absolute Gasteiger partial charge is 0.478 e. The minimum atomic E-state index is -0.919. The van der Waals surface area contributed by atoms with Crippen molar-refractivity contribution in [2.24, 2.45) is 0 Å². The van der Waals surface area contributed by atoms with Crippen molar-refractivity contribution in [2.45, 2.75) is 46.0 Å². The average molecular weight is 333 g/mol. The molecule has 0 aliphatic rings. The average Bonchev–Trinajstić information content (AvgIpc) is 2.53. The molecule has 0 saturated carbocycles. The Bertz CT molecular complexity index is 684. The van der Waals surface area contributed by atoms with E-state index in [0.29, 0.717) is 11.6 Å². The first-order chi connectivity index (χ1) is 11.0. The molecular weight excluding hydrogens is 312 g/mol. The molecule has 0 atom stereocenters. The number of carboxylic acid groups (broad SMARTS) is 1. The zero-order valence-electron chi connectivity index (χ0n) is 13.5. The summed E-state index contributed by atoms with van der Waals surface area (Å²) >= 11 is 6.32. The third kappa shape index (κ3) is 4.52. The molecule has 0 amide bonds. The zero-order valence-corrected chi connectivity index (χ0v) is 14.2. The number of unbranched alkanes of at least 4 members (excludes halogenated alkanes) is 1. The first-order valence-electron chi connectivity index (χ1n) is 7.91. The third-order valence-corrected chi connectivity index (χ3v) is 4.08. The number of aromatic carboxylic acids is 1. The van der Waals surface area contributed by atoms with Crippen molar-refractivity contribution in [3.05, 3.63) is 57.6 Å². The fourth-order valence-corrected chi connectivity index (χ4v) is 2.79. The van der Waals surface area contributed by atoms with Gasteiger partial charge in [0.15, 0.2) is 0 Å². The van der Waals surface area contributed by atoms with E-state index in [2.05, 4.69) is 16.9 Å². The Kier molecular flexibility index (Phi) is 6.11. The van der Waals surface area contributed by atoms with Crippen LogP contribution in [-0.2, 0) is 19.3 Å². The van der Waals surface area contributed by atoms with Gasteiger partial charge in [-0.3, -0.25) is 0 Å². The molecule has 0 saturated heterocycles. The van der Waals surface area contributed by atoms with Crippen molar-refractivity contribution in [1.29, 1.82) is 0 Å². The van der Waals surface area contributed by atoms with Crippen molar-refractivity contribution in [2.75, 3.05) is 0 Å². The molecule has 0 unspecified atom stereocenters. The molecule has 4 nitrogen and oxygen atoms in total. The van der Waals surface area contributed by atoms with Gasteiger partial charge in [-0.1, -0.05) is 44.0 Å². The Balaban J connectivity index is 2.29. The molecule has 0 aliphatic carbocycles. The van der Waals surface area contributed by atoms with Gasteiger partial charge in [-0.15, -0.1) is 0 Å². The van der Waals surface area contributed by atoms with Crippen molar-refractivity contribution in [3.63, 3.8) is 0 Å². The second kappa shape index (κ2) is 8.06. The van der Waals surface area contributed by atoms with E-state index in [-0.39, 0.29) is 5.56 Å². The van der Waals surface area contributed by atoms with E-state index in [9.17, 15) is 4.79 Å². The highest BCUT2D eigenvalue weighted by Gasteiger charge is 2.12. The van der Waals surface area contributed by atoms with Crippen LogP contribution in [0.15, 0.2) is 24.3 Å². The maximum Gasteiger partial charge on any atom is 0.335 e. The summed E-state index contributed by atoms with van der Waals surface area (Å²) in [6.45, 7) is 4.17. The molecule has 1 aromatic carbocycles. The molecule has 122 valence electrons. The molecule has 0 bridgehead atoms. The highest BCUT2D eigenvalue weighted by Crippen LogP contribution is 2.21. The van der Waals surface area contributed by atoms with Gasteiger partial charge in [0.05, 0.1) is 11.3 Å². The highest BCUT2D eigenvalue weighted by atomic mass is 35.5.